The first-order valence-electron chi connectivity index (χ1n) is 10.0. The summed E-state index contributed by atoms with van der Waals surface area (Å²) in [6.45, 7) is 8.73. The van der Waals surface area contributed by atoms with Crippen LogP contribution >= 0.6 is 23.4 Å². The summed E-state index contributed by atoms with van der Waals surface area (Å²) in [4.78, 5) is 12.4. The van der Waals surface area contributed by atoms with E-state index >= 15 is 0 Å². The van der Waals surface area contributed by atoms with Crippen LogP contribution in [0.3, 0.4) is 0 Å². The van der Waals surface area contributed by atoms with Crippen LogP contribution in [0.25, 0.3) is 0 Å². The van der Waals surface area contributed by atoms with Gasteiger partial charge in [0.1, 0.15) is 0 Å². The van der Waals surface area contributed by atoms with Crippen LogP contribution in [0.5, 0.6) is 0 Å². The Kier molecular flexibility index (Phi) is 8.47. The van der Waals surface area contributed by atoms with Crippen LogP contribution in [-0.4, -0.2) is 32.1 Å². The molecule has 1 heterocycles. The van der Waals surface area contributed by atoms with Crippen LogP contribution in [0, 0.1) is 6.92 Å². The van der Waals surface area contributed by atoms with Crippen molar-refractivity contribution >= 4 is 41.2 Å². The molecule has 0 aliphatic rings. The molecule has 0 saturated heterocycles. The van der Waals surface area contributed by atoms with E-state index in [9.17, 15) is 4.79 Å². The van der Waals surface area contributed by atoms with Gasteiger partial charge < -0.3 is 9.88 Å². The Hall–Kier alpha value is -3.10. The van der Waals surface area contributed by atoms with Crippen molar-refractivity contribution in [3.05, 3.63) is 83.2 Å². The van der Waals surface area contributed by atoms with Crippen LogP contribution in [0.15, 0.2) is 71.4 Å². The number of carbonyl (C=O) groups is 1. The molecule has 166 valence electrons. The predicted octanol–water partition coefficient (Wildman–Crippen LogP) is 4.67. The highest BCUT2D eigenvalue weighted by molar-refractivity contribution is 8.00. The van der Waals surface area contributed by atoms with Gasteiger partial charge >= 0.3 is 0 Å². The lowest BCUT2D eigenvalue weighted by Gasteiger charge is -2.12. The number of amides is 1. The lowest BCUT2D eigenvalue weighted by molar-refractivity contribution is -0.120. The van der Waals surface area contributed by atoms with Crippen molar-refractivity contribution in [1.29, 1.82) is 0 Å². The monoisotopic (exact) mass is 468 g/mol. The molecule has 1 amide bonds. The number of hydrogen-bond acceptors (Lipinski definition) is 6. The first kappa shape index (κ1) is 23.6. The molecule has 32 heavy (non-hydrogen) atoms. The quantitative estimate of drug-likeness (QED) is 0.195. The van der Waals surface area contributed by atoms with E-state index in [0.29, 0.717) is 23.3 Å². The number of rotatable bonds is 10. The third-order valence-electron chi connectivity index (χ3n) is 4.52. The van der Waals surface area contributed by atoms with Crippen molar-refractivity contribution in [2.24, 2.45) is 5.10 Å². The number of hydrazone groups is 1. The maximum atomic E-state index is 12.4. The van der Waals surface area contributed by atoms with Crippen LogP contribution < -0.4 is 10.7 Å². The van der Waals surface area contributed by atoms with Gasteiger partial charge in [0, 0.05) is 17.3 Å². The first-order valence-corrected chi connectivity index (χ1v) is 11.3. The minimum Gasteiger partial charge on any atom is -0.378 e. The summed E-state index contributed by atoms with van der Waals surface area (Å²) in [5.41, 5.74) is 5.61. The van der Waals surface area contributed by atoms with Gasteiger partial charge in [-0.15, -0.1) is 16.8 Å². The van der Waals surface area contributed by atoms with Crippen LogP contribution in [0.4, 0.5) is 5.69 Å². The van der Waals surface area contributed by atoms with Crippen LogP contribution in [-0.2, 0) is 17.9 Å². The van der Waals surface area contributed by atoms with Crippen molar-refractivity contribution in [3.8, 4) is 0 Å². The van der Waals surface area contributed by atoms with Crippen molar-refractivity contribution in [3.63, 3.8) is 0 Å². The Morgan fingerprint density at radius 1 is 1.22 bits per heavy atom. The summed E-state index contributed by atoms with van der Waals surface area (Å²) < 4.78 is 1.94. The minimum absolute atomic E-state index is 0.229. The zero-order valence-corrected chi connectivity index (χ0v) is 19.5. The van der Waals surface area contributed by atoms with Crippen molar-refractivity contribution in [1.82, 2.24) is 20.2 Å². The first-order chi connectivity index (χ1) is 15.5. The fraction of sp³-hybridized carbons (Fsp3) is 0.217. The minimum atomic E-state index is -0.414. The Balaban J connectivity index is 1.59. The summed E-state index contributed by atoms with van der Waals surface area (Å²) in [6, 6.07) is 15.3. The van der Waals surface area contributed by atoms with E-state index in [4.69, 9.17) is 11.6 Å². The Morgan fingerprint density at radius 2 is 1.94 bits per heavy atom. The van der Waals surface area contributed by atoms with Crippen molar-refractivity contribution < 1.29 is 4.79 Å². The highest BCUT2D eigenvalue weighted by Gasteiger charge is 2.19. The smallest absolute Gasteiger partial charge is 0.253 e. The normalized spacial score (nSPS) is 12.0. The molecule has 9 heteroatoms. The third kappa shape index (κ3) is 6.70. The molecule has 2 aromatic carbocycles. The summed E-state index contributed by atoms with van der Waals surface area (Å²) in [6.07, 6.45) is 3.35. The maximum Gasteiger partial charge on any atom is 0.253 e. The van der Waals surface area contributed by atoms with Gasteiger partial charge in [-0.3, -0.25) is 4.79 Å². The highest BCUT2D eigenvalue weighted by Crippen LogP contribution is 2.23. The van der Waals surface area contributed by atoms with Gasteiger partial charge in [0.05, 0.1) is 18.0 Å². The molecule has 1 aromatic heterocycles. The second-order valence-corrected chi connectivity index (χ2v) is 8.81. The van der Waals surface area contributed by atoms with Crippen LogP contribution in [0.2, 0.25) is 5.02 Å². The van der Waals surface area contributed by atoms with Gasteiger partial charge in [-0.2, -0.15) is 5.10 Å². The van der Waals surface area contributed by atoms with E-state index in [-0.39, 0.29) is 5.91 Å². The molecule has 0 spiro atoms. The molecular formula is C23H25ClN6OS. The number of hydrogen-bond donors (Lipinski definition) is 2. The number of nitrogens with one attached hydrogen (secondary N) is 2. The molecule has 0 aliphatic heterocycles. The molecule has 3 aromatic rings. The third-order valence-corrected chi connectivity index (χ3v) is 5.85. The van der Waals surface area contributed by atoms with E-state index < -0.39 is 5.25 Å². The summed E-state index contributed by atoms with van der Waals surface area (Å²) >= 11 is 7.19. The molecule has 0 fully saturated rings. The molecule has 0 saturated carbocycles. The SMILES string of the molecule is C=CCn1c(CNc2ccc(C)cc2)nnc1S[C@@H](C)C(=O)NN=Cc1ccc(Cl)cc1. The molecule has 0 bridgehead atoms. The van der Waals surface area contributed by atoms with E-state index in [1.54, 1.807) is 31.3 Å². The van der Waals surface area contributed by atoms with E-state index in [1.807, 2.05) is 47.9 Å². The molecule has 0 aliphatic carbocycles. The van der Waals surface area contributed by atoms with E-state index in [0.717, 1.165) is 17.1 Å². The number of anilines is 1. The molecular weight excluding hydrogens is 444 g/mol. The Morgan fingerprint density at radius 3 is 2.62 bits per heavy atom. The maximum absolute atomic E-state index is 12.4. The largest absolute Gasteiger partial charge is 0.378 e. The van der Waals surface area contributed by atoms with Gasteiger partial charge in [0.15, 0.2) is 11.0 Å². The number of thioether (sulfide) groups is 1. The predicted molar refractivity (Wildman–Crippen MR) is 131 cm³/mol. The lowest BCUT2D eigenvalue weighted by atomic mass is 10.2. The number of aryl methyl sites for hydroxylation is 1. The Labute approximate surface area is 197 Å². The topological polar surface area (TPSA) is 84.2 Å². The average molecular weight is 469 g/mol. The molecule has 2 N–H and O–H groups in total. The number of halogens is 1. The second-order valence-electron chi connectivity index (χ2n) is 7.06. The van der Waals surface area contributed by atoms with Gasteiger partial charge in [-0.05, 0) is 43.7 Å². The number of nitrogens with zero attached hydrogens (tertiary/aromatic N) is 4. The number of aromatic nitrogens is 3. The fourth-order valence-electron chi connectivity index (χ4n) is 2.72. The summed E-state index contributed by atoms with van der Waals surface area (Å²) in [7, 11) is 0. The second kappa shape index (κ2) is 11.5. The molecule has 0 unspecified atom stereocenters. The van der Waals surface area contributed by atoms with E-state index in [1.165, 1.54) is 17.3 Å². The highest BCUT2D eigenvalue weighted by atomic mass is 35.5. The van der Waals surface area contributed by atoms with Crippen LogP contribution in [0.1, 0.15) is 23.9 Å². The number of allylic oxidation sites excluding steroid dienone is 1. The van der Waals surface area contributed by atoms with Gasteiger partial charge in [-0.1, -0.05) is 59.3 Å². The van der Waals surface area contributed by atoms with E-state index in [2.05, 4.69) is 32.6 Å². The van der Waals surface area contributed by atoms with Gasteiger partial charge in [0.25, 0.3) is 5.91 Å². The molecule has 3 rings (SSSR count). The Bertz CT molecular complexity index is 1080. The van der Waals surface area contributed by atoms with Crippen molar-refractivity contribution in [2.75, 3.05) is 5.32 Å². The van der Waals surface area contributed by atoms with Gasteiger partial charge in [-0.25, -0.2) is 5.43 Å². The average Bonchev–Trinajstić information content (AvgIpc) is 3.16. The summed E-state index contributed by atoms with van der Waals surface area (Å²) in [5.74, 6) is 0.536. The zero-order chi connectivity index (χ0) is 22.9. The molecule has 0 radical (unpaired) electrons. The summed E-state index contributed by atoms with van der Waals surface area (Å²) in [5, 5.41) is 16.8. The van der Waals surface area contributed by atoms with Crippen molar-refractivity contribution in [2.45, 2.75) is 37.3 Å². The standard InChI is InChI=1S/C23H25ClN6OS/c1-4-13-30-21(15-25-20-11-5-16(2)6-12-20)27-29-23(30)32-17(3)22(31)28-26-14-18-7-9-19(24)10-8-18/h4-12,14,17,25H,1,13,15H2,2-3H3,(H,28,31)/t17-/m0/s1. The molecule has 7 nitrogen and oxygen atoms in total. The molecule has 1 atom stereocenters. The zero-order valence-electron chi connectivity index (χ0n) is 18.0. The number of benzene rings is 2. The number of carbonyl (C=O) groups excluding carboxylic acids is 1. The fourth-order valence-corrected chi connectivity index (χ4v) is 3.72. The lowest BCUT2D eigenvalue weighted by Crippen LogP contribution is -2.27. The van der Waals surface area contributed by atoms with Gasteiger partial charge in [0.2, 0.25) is 0 Å².